The zero-order valence-corrected chi connectivity index (χ0v) is 14.8. The molecule has 0 fully saturated rings. The summed E-state index contributed by atoms with van der Waals surface area (Å²) in [7, 11) is 0. The van der Waals surface area contributed by atoms with Crippen molar-refractivity contribution in [3.8, 4) is 17.1 Å². The SMILES string of the molecule is Cc1c(C(=O)Nc2nc(-c3ccccc3)cs2)cnn1-c1ccccn1. The van der Waals surface area contributed by atoms with E-state index in [0.29, 0.717) is 16.5 Å². The molecule has 0 aliphatic heterocycles. The summed E-state index contributed by atoms with van der Waals surface area (Å²) in [6, 6.07) is 15.4. The minimum atomic E-state index is -0.237. The molecule has 0 aliphatic carbocycles. The Morgan fingerprint density at radius 1 is 1.12 bits per heavy atom. The highest BCUT2D eigenvalue weighted by atomic mass is 32.1. The number of aromatic nitrogens is 4. The monoisotopic (exact) mass is 361 g/mol. The van der Waals surface area contributed by atoms with E-state index in [9.17, 15) is 4.79 Å². The Morgan fingerprint density at radius 3 is 2.69 bits per heavy atom. The van der Waals surface area contributed by atoms with Crippen LogP contribution in [0.4, 0.5) is 5.13 Å². The van der Waals surface area contributed by atoms with Crippen LogP contribution in [0, 0.1) is 6.92 Å². The first-order valence-electron chi connectivity index (χ1n) is 8.01. The lowest BCUT2D eigenvalue weighted by Gasteiger charge is -2.04. The quantitative estimate of drug-likeness (QED) is 0.597. The van der Waals surface area contributed by atoms with Gasteiger partial charge in [-0.1, -0.05) is 36.4 Å². The molecule has 4 aromatic rings. The van der Waals surface area contributed by atoms with Gasteiger partial charge in [-0.3, -0.25) is 10.1 Å². The molecule has 26 heavy (non-hydrogen) atoms. The molecule has 0 atom stereocenters. The van der Waals surface area contributed by atoms with Crippen LogP contribution in [0.2, 0.25) is 0 Å². The molecule has 0 unspecified atom stereocenters. The largest absolute Gasteiger partial charge is 0.298 e. The molecule has 3 heterocycles. The van der Waals surface area contributed by atoms with Crippen LogP contribution < -0.4 is 5.32 Å². The zero-order valence-electron chi connectivity index (χ0n) is 14.0. The number of nitrogens with zero attached hydrogens (tertiary/aromatic N) is 4. The number of nitrogens with one attached hydrogen (secondary N) is 1. The predicted octanol–water partition coefficient (Wildman–Crippen LogP) is 3.95. The number of pyridine rings is 1. The van der Waals surface area contributed by atoms with Crippen molar-refractivity contribution in [3.63, 3.8) is 0 Å². The van der Waals surface area contributed by atoms with Gasteiger partial charge in [0.15, 0.2) is 10.9 Å². The van der Waals surface area contributed by atoms with Crippen molar-refractivity contribution in [2.24, 2.45) is 0 Å². The summed E-state index contributed by atoms with van der Waals surface area (Å²) in [5.41, 5.74) is 3.07. The first-order valence-corrected chi connectivity index (χ1v) is 8.88. The van der Waals surface area contributed by atoms with Crippen molar-refractivity contribution >= 4 is 22.4 Å². The fourth-order valence-electron chi connectivity index (χ4n) is 2.58. The van der Waals surface area contributed by atoms with Gasteiger partial charge in [-0.2, -0.15) is 5.10 Å². The predicted molar refractivity (Wildman–Crippen MR) is 102 cm³/mol. The number of hydrogen-bond acceptors (Lipinski definition) is 5. The Balaban J connectivity index is 1.55. The summed E-state index contributed by atoms with van der Waals surface area (Å²) in [6.45, 7) is 1.84. The fraction of sp³-hybridized carbons (Fsp3) is 0.0526. The molecule has 3 aromatic heterocycles. The van der Waals surface area contributed by atoms with Gasteiger partial charge in [0, 0.05) is 17.1 Å². The van der Waals surface area contributed by atoms with Gasteiger partial charge in [0.2, 0.25) is 0 Å². The molecule has 0 aliphatic rings. The second-order valence-corrected chi connectivity index (χ2v) is 6.46. The van der Waals surface area contributed by atoms with E-state index in [4.69, 9.17) is 0 Å². The van der Waals surface area contributed by atoms with Crippen LogP contribution in [0.3, 0.4) is 0 Å². The lowest BCUT2D eigenvalue weighted by molar-refractivity contribution is 0.102. The lowest BCUT2D eigenvalue weighted by Crippen LogP contribution is -2.13. The summed E-state index contributed by atoms with van der Waals surface area (Å²) in [6.07, 6.45) is 3.24. The third kappa shape index (κ3) is 3.12. The number of anilines is 1. The Morgan fingerprint density at radius 2 is 1.92 bits per heavy atom. The average molecular weight is 361 g/mol. The van der Waals surface area contributed by atoms with Gasteiger partial charge in [0.1, 0.15) is 0 Å². The molecule has 1 aromatic carbocycles. The zero-order chi connectivity index (χ0) is 17.9. The van der Waals surface area contributed by atoms with E-state index in [0.717, 1.165) is 17.0 Å². The van der Waals surface area contributed by atoms with Crippen LogP contribution in [-0.4, -0.2) is 25.7 Å². The minimum absolute atomic E-state index is 0.237. The molecule has 1 amide bonds. The molecule has 0 saturated heterocycles. The van der Waals surface area contributed by atoms with E-state index >= 15 is 0 Å². The Kier molecular flexibility index (Phi) is 4.28. The minimum Gasteiger partial charge on any atom is -0.298 e. The molecule has 128 valence electrons. The molecule has 6 nitrogen and oxygen atoms in total. The Labute approximate surface area is 154 Å². The first kappa shape index (κ1) is 16.2. The van der Waals surface area contributed by atoms with Gasteiger partial charge in [-0.05, 0) is 19.1 Å². The summed E-state index contributed by atoms with van der Waals surface area (Å²) >= 11 is 1.39. The molecule has 0 spiro atoms. The molecule has 0 saturated carbocycles. The van der Waals surface area contributed by atoms with E-state index in [2.05, 4.69) is 20.4 Å². The van der Waals surface area contributed by atoms with Crippen LogP contribution in [-0.2, 0) is 0 Å². The number of thiazole rings is 1. The van der Waals surface area contributed by atoms with Crippen molar-refractivity contribution < 1.29 is 4.79 Å². The third-order valence-corrected chi connectivity index (χ3v) is 4.67. The van der Waals surface area contributed by atoms with Gasteiger partial charge in [-0.25, -0.2) is 14.6 Å². The lowest BCUT2D eigenvalue weighted by atomic mass is 10.2. The maximum atomic E-state index is 12.6. The van der Waals surface area contributed by atoms with Crippen LogP contribution in [0.1, 0.15) is 16.1 Å². The fourth-order valence-corrected chi connectivity index (χ4v) is 3.29. The summed E-state index contributed by atoms with van der Waals surface area (Å²) < 4.78 is 1.65. The van der Waals surface area contributed by atoms with E-state index < -0.39 is 0 Å². The molecule has 0 radical (unpaired) electrons. The van der Waals surface area contributed by atoms with Crippen LogP contribution in [0.15, 0.2) is 66.3 Å². The van der Waals surface area contributed by atoms with Gasteiger partial charge < -0.3 is 0 Å². The maximum Gasteiger partial charge on any atom is 0.260 e. The van der Waals surface area contributed by atoms with Crippen LogP contribution in [0.25, 0.3) is 17.1 Å². The second kappa shape index (κ2) is 6.89. The molecule has 7 heteroatoms. The summed E-state index contributed by atoms with van der Waals surface area (Å²) in [5, 5.41) is 9.61. The Bertz CT molecular complexity index is 1040. The number of hydrogen-bond donors (Lipinski definition) is 1. The number of amides is 1. The van der Waals surface area contributed by atoms with Crippen molar-refractivity contribution in [1.29, 1.82) is 0 Å². The highest BCUT2D eigenvalue weighted by Gasteiger charge is 2.17. The topological polar surface area (TPSA) is 72.7 Å². The molecular formula is C19H15N5OS. The number of carbonyl (C=O) groups is 1. The van der Waals surface area contributed by atoms with E-state index in [1.165, 1.54) is 11.3 Å². The highest BCUT2D eigenvalue weighted by molar-refractivity contribution is 7.14. The third-order valence-electron chi connectivity index (χ3n) is 3.91. The van der Waals surface area contributed by atoms with Crippen LogP contribution >= 0.6 is 11.3 Å². The Hall–Kier alpha value is -3.32. The first-order chi connectivity index (χ1) is 12.7. The molecule has 1 N–H and O–H groups in total. The highest BCUT2D eigenvalue weighted by Crippen LogP contribution is 2.25. The van der Waals surface area contributed by atoms with Gasteiger partial charge in [0.25, 0.3) is 5.91 Å². The van der Waals surface area contributed by atoms with E-state index in [-0.39, 0.29) is 5.91 Å². The standard InChI is InChI=1S/C19H15N5OS/c1-13-15(11-21-24(13)17-9-5-6-10-20-17)18(25)23-19-22-16(12-26-19)14-7-3-2-4-8-14/h2-12H,1H3,(H,22,23,25). The normalized spacial score (nSPS) is 10.7. The second-order valence-electron chi connectivity index (χ2n) is 5.60. The van der Waals surface area contributed by atoms with E-state index in [1.807, 2.05) is 60.8 Å². The summed E-state index contributed by atoms with van der Waals surface area (Å²) in [4.78, 5) is 21.4. The van der Waals surface area contributed by atoms with Gasteiger partial charge in [-0.15, -0.1) is 11.3 Å². The maximum absolute atomic E-state index is 12.6. The van der Waals surface area contributed by atoms with E-state index in [1.54, 1.807) is 17.1 Å². The number of benzene rings is 1. The molecular weight excluding hydrogens is 346 g/mol. The van der Waals surface area contributed by atoms with Crippen molar-refractivity contribution in [2.45, 2.75) is 6.92 Å². The van der Waals surface area contributed by atoms with Gasteiger partial charge >= 0.3 is 0 Å². The van der Waals surface area contributed by atoms with Crippen molar-refractivity contribution in [1.82, 2.24) is 19.7 Å². The molecule has 0 bridgehead atoms. The molecule has 4 rings (SSSR count). The van der Waals surface area contributed by atoms with Crippen molar-refractivity contribution in [3.05, 3.63) is 77.6 Å². The summed E-state index contributed by atoms with van der Waals surface area (Å²) in [5.74, 6) is 0.434. The average Bonchev–Trinajstić information content (AvgIpc) is 3.30. The smallest absolute Gasteiger partial charge is 0.260 e. The number of rotatable bonds is 4. The number of carbonyl (C=O) groups excluding carboxylic acids is 1. The van der Waals surface area contributed by atoms with Crippen LogP contribution in [0.5, 0.6) is 0 Å². The van der Waals surface area contributed by atoms with Gasteiger partial charge in [0.05, 0.1) is 23.1 Å². The van der Waals surface area contributed by atoms with Crippen molar-refractivity contribution in [2.75, 3.05) is 5.32 Å².